The van der Waals surface area contributed by atoms with Gasteiger partial charge in [-0.15, -0.1) is 0 Å². The number of aliphatic carboxylic acids is 1. The van der Waals surface area contributed by atoms with Gasteiger partial charge >= 0.3 is 24.8 Å². The van der Waals surface area contributed by atoms with E-state index in [1.165, 1.54) is 11.8 Å². The molecule has 9 heteroatoms. The van der Waals surface area contributed by atoms with E-state index < -0.39 is 24.0 Å². The monoisotopic (exact) mass is 570 g/mol. The Morgan fingerprint density at radius 2 is 1.75 bits per heavy atom. The molecule has 2 unspecified atom stereocenters. The number of benzene rings is 3. The van der Waals surface area contributed by atoms with Crippen LogP contribution in [0.3, 0.4) is 0 Å². The Labute approximate surface area is 255 Å². The number of amides is 1. The molecule has 2 N–H and O–H groups in total. The van der Waals surface area contributed by atoms with E-state index >= 15 is 0 Å². The minimum absolute atomic E-state index is 0. The molecule has 0 spiro atoms. The van der Waals surface area contributed by atoms with Crippen molar-refractivity contribution >= 4 is 35.2 Å². The molecule has 0 aliphatic rings. The number of carbonyl (C=O) groups is 2. The van der Waals surface area contributed by atoms with Gasteiger partial charge in [0, 0.05) is 23.3 Å². The minimum atomic E-state index is -1.06. The van der Waals surface area contributed by atoms with Crippen molar-refractivity contribution in [2.24, 2.45) is 0 Å². The van der Waals surface area contributed by atoms with Gasteiger partial charge < -0.3 is 19.6 Å². The molecule has 0 bridgehead atoms. The molecule has 0 aliphatic heterocycles. The van der Waals surface area contributed by atoms with Gasteiger partial charge in [0.05, 0.1) is 6.26 Å². The summed E-state index contributed by atoms with van der Waals surface area (Å²) in [5.74, 6) is -0.258. The molecule has 4 aromatic rings. The average molecular weight is 571 g/mol. The Hall–Kier alpha value is -2.92. The van der Waals surface area contributed by atoms with Crippen molar-refractivity contribution in [3.63, 3.8) is 0 Å². The molecule has 1 aromatic heterocycles. The number of hydrogen-bond donors (Lipinski definition) is 2. The van der Waals surface area contributed by atoms with Gasteiger partial charge in [0.25, 0.3) is 5.91 Å². The summed E-state index contributed by atoms with van der Waals surface area (Å²) in [5.41, 5.74) is 5.51. The average Bonchev–Trinajstić information content (AvgIpc) is 3.41. The Morgan fingerprint density at radius 3 is 2.40 bits per heavy atom. The number of carboxylic acids is 1. The molecule has 0 radical (unpaired) electrons. The van der Waals surface area contributed by atoms with Crippen LogP contribution in [-0.2, 0) is 9.53 Å². The van der Waals surface area contributed by atoms with Gasteiger partial charge in [-0.25, -0.2) is 4.79 Å². The second-order valence-electron chi connectivity index (χ2n) is 9.09. The van der Waals surface area contributed by atoms with Crippen LogP contribution in [0.1, 0.15) is 39.8 Å². The number of thioether (sulfide) groups is 1. The van der Waals surface area contributed by atoms with Gasteiger partial charge in [-0.1, -0.05) is 54.1 Å². The Morgan fingerprint density at radius 1 is 1.02 bits per heavy atom. The topological polar surface area (TPSA) is 88.8 Å². The number of rotatable bonds is 11. The van der Waals surface area contributed by atoms with Gasteiger partial charge in [-0.05, 0) is 83.5 Å². The van der Waals surface area contributed by atoms with E-state index in [2.05, 4.69) is 5.32 Å². The first-order chi connectivity index (χ1) is 18.8. The van der Waals surface area contributed by atoms with Crippen molar-refractivity contribution in [1.29, 1.82) is 0 Å². The first-order valence-electron chi connectivity index (χ1n) is 12.4. The first kappa shape index (κ1) is 31.6. The molecule has 202 valence electrons. The van der Waals surface area contributed by atoms with Crippen molar-refractivity contribution in [2.45, 2.75) is 25.5 Å². The largest absolute Gasteiger partial charge is 1.00 e. The van der Waals surface area contributed by atoms with Gasteiger partial charge in [0.1, 0.15) is 17.9 Å². The van der Waals surface area contributed by atoms with E-state index in [1.807, 2.05) is 79.9 Å². The van der Waals surface area contributed by atoms with Crippen LogP contribution in [0.4, 0.5) is 0 Å². The van der Waals surface area contributed by atoms with Crippen LogP contribution < -0.4 is 24.2 Å². The summed E-state index contributed by atoms with van der Waals surface area (Å²) in [5, 5.41) is 13.0. The second kappa shape index (κ2) is 14.6. The fraction of sp³-hybridized carbons (Fsp3) is 0.226. The number of hydrogen-bond acceptors (Lipinski definition) is 5. The van der Waals surface area contributed by atoms with Crippen LogP contribution >= 0.6 is 23.4 Å². The molecule has 1 heterocycles. The molecule has 0 aliphatic carbocycles. The van der Waals surface area contributed by atoms with Crippen LogP contribution in [0.2, 0.25) is 5.02 Å². The number of furan rings is 1. The minimum Gasteiger partial charge on any atom is -0.480 e. The molecule has 0 fully saturated rings. The zero-order valence-electron chi connectivity index (χ0n) is 22.9. The summed E-state index contributed by atoms with van der Waals surface area (Å²) in [6.45, 7) is 1.97. The van der Waals surface area contributed by atoms with E-state index in [1.54, 1.807) is 19.4 Å². The van der Waals surface area contributed by atoms with Crippen LogP contribution in [0.15, 0.2) is 83.5 Å². The zero-order valence-corrected chi connectivity index (χ0v) is 24.5. The van der Waals surface area contributed by atoms with E-state index in [-0.39, 0.29) is 18.9 Å². The number of carbonyl (C=O) groups excluding carboxylic acids is 1. The normalized spacial score (nSPS) is 12.3. The number of nitrogens with one attached hydrogen (secondary N) is 1. The fourth-order valence-corrected chi connectivity index (χ4v) is 5.13. The maximum atomic E-state index is 13.4. The quantitative estimate of drug-likeness (QED) is 0.262. The molecule has 40 heavy (non-hydrogen) atoms. The third-order valence-corrected chi connectivity index (χ3v) is 7.46. The molecular formula is C31H30ClLiNO5S+. The van der Waals surface area contributed by atoms with Crippen LogP contribution in [-0.4, -0.2) is 42.1 Å². The standard InChI is InChI=1S/C31H30ClNO5S.Li/c1-19-6-4-5-7-23(19)26-18-21(10-13-25(26)30(34)33-27(31(35)36)15-17-39-3)28(37-2)29-24(14-16-38-29)20-8-11-22(32)12-9-20;/h4-14,16,18,27-28H,15,17H2,1-3H3,(H,33,34)(H,35,36);/q;+1. The Balaban J connectivity index is 0.00000441. The Bertz CT molecular complexity index is 1460. The Kier molecular flexibility index (Phi) is 11.6. The van der Waals surface area contributed by atoms with Gasteiger partial charge in [-0.3, -0.25) is 4.79 Å². The van der Waals surface area contributed by atoms with Crippen molar-refractivity contribution in [2.75, 3.05) is 19.1 Å². The summed E-state index contributed by atoms with van der Waals surface area (Å²) in [6, 6.07) is 21.6. The van der Waals surface area contributed by atoms with Crippen molar-refractivity contribution in [1.82, 2.24) is 5.32 Å². The van der Waals surface area contributed by atoms with Gasteiger partial charge in [0.15, 0.2) is 0 Å². The molecule has 3 aromatic carbocycles. The smallest absolute Gasteiger partial charge is 0.480 e. The van der Waals surface area contributed by atoms with Crippen LogP contribution in [0.5, 0.6) is 0 Å². The summed E-state index contributed by atoms with van der Waals surface area (Å²) in [6.07, 6.45) is 3.30. The molecule has 4 rings (SSSR count). The number of aryl methyl sites for hydroxylation is 1. The maximum absolute atomic E-state index is 13.4. The molecule has 1 amide bonds. The number of carboxylic acid groups (broad SMARTS) is 1. The molecule has 6 nitrogen and oxygen atoms in total. The SMILES string of the molecule is COC(c1ccc(C(=O)NC(CCSC)C(=O)O)c(-c2ccccc2C)c1)c1occc1-c1ccc(Cl)cc1.[Li+]. The third-order valence-electron chi connectivity index (χ3n) is 6.56. The number of halogens is 1. The van der Waals surface area contributed by atoms with Crippen LogP contribution in [0.25, 0.3) is 22.3 Å². The summed E-state index contributed by atoms with van der Waals surface area (Å²) < 4.78 is 11.8. The number of methoxy groups -OCH3 is 1. The molecule has 2 atom stereocenters. The van der Waals surface area contributed by atoms with Gasteiger partial charge in [-0.2, -0.15) is 11.8 Å². The second-order valence-corrected chi connectivity index (χ2v) is 10.5. The van der Waals surface area contributed by atoms with Crippen LogP contribution in [0, 0.1) is 6.92 Å². The predicted molar refractivity (Wildman–Crippen MR) is 157 cm³/mol. The third kappa shape index (κ3) is 7.23. The van der Waals surface area contributed by atoms with Crippen molar-refractivity contribution in [3.8, 4) is 22.3 Å². The fourth-order valence-electron chi connectivity index (χ4n) is 4.54. The molecule has 0 saturated heterocycles. The van der Waals surface area contributed by atoms with Crippen molar-refractivity contribution in [3.05, 3.63) is 107 Å². The summed E-state index contributed by atoms with van der Waals surface area (Å²) in [7, 11) is 1.61. The van der Waals surface area contributed by atoms with E-state index in [0.29, 0.717) is 34.1 Å². The summed E-state index contributed by atoms with van der Waals surface area (Å²) >= 11 is 7.62. The predicted octanol–water partition coefficient (Wildman–Crippen LogP) is 4.25. The molecule has 0 saturated carbocycles. The maximum Gasteiger partial charge on any atom is 1.00 e. The zero-order chi connectivity index (χ0) is 27.9. The van der Waals surface area contributed by atoms with Gasteiger partial charge in [0.2, 0.25) is 0 Å². The number of ether oxygens (including phenoxy) is 1. The van der Waals surface area contributed by atoms with E-state index in [9.17, 15) is 14.7 Å². The van der Waals surface area contributed by atoms with Crippen molar-refractivity contribution < 1.29 is 42.7 Å². The summed E-state index contributed by atoms with van der Waals surface area (Å²) in [4.78, 5) is 25.2. The first-order valence-corrected chi connectivity index (χ1v) is 14.2. The van der Waals surface area contributed by atoms with E-state index in [4.69, 9.17) is 20.8 Å². The van der Waals surface area contributed by atoms with E-state index in [0.717, 1.165) is 27.8 Å². The molecular weight excluding hydrogens is 541 g/mol.